The Morgan fingerprint density at radius 3 is 2.00 bits per heavy atom. The number of nitrogens with two attached hydrogens (primary N) is 1. The van der Waals surface area contributed by atoms with Crippen LogP contribution in [0.15, 0.2) is 0 Å². The molecule has 0 atom stereocenters. The molecule has 0 unspecified atom stereocenters. The third kappa shape index (κ3) is 12.7. The second-order valence-electron chi connectivity index (χ2n) is 0.129. The molecule has 2 N–H and O–H groups in total. The van der Waals surface area contributed by atoms with Crippen molar-refractivity contribution in [1.82, 2.24) is 0 Å². The second kappa shape index (κ2) is 9.06. The Kier molecular flexibility index (Phi) is 20.1. The molecule has 0 aliphatic heterocycles. The van der Waals surface area contributed by atoms with Crippen molar-refractivity contribution < 1.29 is 52.8 Å². The van der Waals surface area contributed by atoms with E-state index in [1.165, 1.54) is 6.19 Å². The summed E-state index contributed by atoms with van der Waals surface area (Å²) >= 11 is 0. The summed E-state index contributed by atoms with van der Waals surface area (Å²) in [6.07, 6.45) is 1.25. The standard InChI is InChI=1S/CH2N2.K.H/c2-1-3;;/h2H2;;/q;+1;-1. The zero-order chi connectivity index (χ0) is 2.71. The normalized spacial score (nSPS) is 1.75. The van der Waals surface area contributed by atoms with E-state index in [9.17, 15) is 0 Å². The van der Waals surface area contributed by atoms with Gasteiger partial charge in [0.2, 0.25) is 0 Å². The van der Waals surface area contributed by atoms with Crippen LogP contribution in [0.5, 0.6) is 0 Å². The molecule has 0 aliphatic carbocycles. The molecule has 0 aromatic rings. The number of hydrogen-bond donors (Lipinski definition) is 1. The Balaban J connectivity index is -0.0000000200. The largest absolute Gasteiger partial charge is 1.00 e. The van der Waals surface area contributed by atoms with Crippen LogP contribution in [-0.4, -0.2) is 0 Å². The maximum atomic E-state index is 7.10. The molecule has 0 aromatic carbocycles. The minimum atomic E-state index is 0. The van der Waals surface area contributed by atoms with Gasteiger partial charge in [0.15, 0.2) is 6.19 Å². The van der Waals surface area contributed by atoms with Crippen LogP contribution in [-0.2, 0) is 0 Å². The molecule has 2 nitrogen and oxygen atoms in total. The van der Waals surface area contributed by atoms with Gasteiger partial charge in [-0.05, 0) is 0 Å². The quantitative estimate of drug-likeness (QED) is 0.188. The van der Waals surface area contributed by atoms with Gasteiger partial charge < -0.3 is 7.16 Å². The second-order valence-corrected chi connectivity index (χ2v) is 0.129. The molecule has 0 saturated carbocycles. The topological polar surface area (TPSA) is 49.8 Å². The zero-order valence-corrected chi connectivity index (χ0v) is 5.65. The molecular formula is CH3KN2. The molecule has 3 heteroatoms. The molecule has 0 aromatic heterocycles. The molecule has 0 spiro atoms. The van der Waals surface area contributed by atoms with Crippen molar-refractivity contribution in [2.45, 2.75) is 0 Å². The van der Waals surface area contributed by atoms with Crippen LogP contribution in [0, 0.1) is 11.5 Å². The van der Waals surface area contributed by atoms with E-state index in [4.69, 9.17) is 5.26 Å². The van der Waals surface area contributed by atoms with Crippen molar-refractivity contribution in [1.29, 1.82) is 5.26 Å². The molecule has 4 heavy (non-hydrogen) atoms. The first-order chi connectivity index (χ1) is 1.41. The molecular weight excluding hydrogens is 79.1 g/mol. The minimum absolute atomic E-state index is 0. The molecule has 0 bridgehead atoms. The van der Waals surface area contributed by atoms with Gasteiger partial charge in [0.1, 0.15) is 0 Å². The fourth-order valence-electron chi connectivity index (χ4n) is 0. The van der Waals surface area contributed by atoms with Crippen molar-refractivity contribution >= 4 is 0 Å². The maximum Gasteiger partial charge on any atom is 1.00 e. The summed E-state index contributed by atoms with van der Waals surface area (Å²) in [6, 6.07) is 0. The van der Waals surface area contributed by atoms with Crippen LogP contribution in [0.4, 0.5) is 0 Å². The van der Waals surface area contributed by atoms with Gasteiger partial charge >= 0.3 is 51.4 Å². The fraction of sp³-hybridized carbons (Fsp3) is 0. The van der Waals surface area contributed by atoms with Gasteiger partial charge in [0.05, 0.1) is 0 Å². The van der Waals surface area contributed by atoms with Crippen molar-refractivity contribution in [3.8, 4) is 6.19 Å². The van der Waals surface area contributed by atoms with Crippen molar-refractivity contribution in [2.24, 2.45) is 5.73 Å². The third-order valence-corrected chi connectivity index (χ3v) is 0. The Labute approximate surface area is 68.9 Å². The van der Waals surface area contributed by atoms with Gasteiger partial charge in [-0.15, -0.1) is 0 Å². The van der Waals surface area contributed by atoms with E-state index in [-0.39, 0.29) is 52.8 Å². The van der Waals surface area contributed by atoms with Crippen molar-refractivity contribution in [3.05, 3.63) is 0 Å². The molecule has 0 radical (unpaired) electrons. The summed E-state index contributed by atoms with van der Waals surface area (Å²) in [5, 5.41) is 7.10. The van der Waals surface area contributed by atoms with E-state index in [2.05, 4.69) is 5.73 Å². The molecule has 0 rings (SSSR count). The Bertz CT molecular complexity index is 31.1. The van der Waals surface area contributed by atoms with Gasteiger partial charge in [0.25, 0.3) is 0 Å². The summed E-state index contributed by atoms with van der Waals surface area (Å²) in [7, 11) is 0. The predicted molar refractivity (Wildman–Crippen MR) is 10.9 cm³/mol. The van der Waals surface area contributed by atoms with Gasteiger partial charge in [-0.25, -0.2) is 0 Å². The molecule has 18 valence electrons. The average Bonchev–Trinajstić information content (AvgIpc) is 0.918. The summed E-state index contributed by atoms with van der Waals surface area (Å²) in [4.78, 5) is 0. The fourth-order valence-corrected chi connectivity index (χ4v) is 0. The molecule has 0 amide bonds. The summed E-state index contributed by atoms with van der Waals surface area (Å²) in [5.41, 5.74) is 4.15. The van der Waals surface area contributed by atoms with Crippen LogP contribution < -0.4 is 57.1 Å². The average molecular weight is 82.1 g/mol. The summed E-state index contributed by atoms with van der Waals surface area (Å²) < 4.78 is 0. The molecule has 0 saturated heterocycles. The first kappa shape index (κ1) is 8.87. The van der Waals surface area contributed by atoms with Crippen molar-refractivity contribution in [3.63, 3.8) is 0 Å². The summed E-state index contributed by atoms with van der Waals surface area (Å²) in [6.45, 7) is 0. The van der Waals surface area contributed by atoms with Gasteiger partial charge in [0, 0.05) is 0 Å². The van der Waals surface area contributed by atoms with Crippen LogP contribution in [0.3, 0.4) is 0 Å². The molecule has 0 fully saturated rings. The van der Waals surface area contributed by atoms with Crippen LogP contribution >= 0.6 is 0 Å². The molecule has 0 heterocycles. The number of nitriles is 1. The minimum Gasteiger partial charge on any atom is -1.00 e. The van der Waals surface area contributed by atoms with Crippen LogP contribution in [0.1, 0.15) is 1.43 Å². The SMILES string of the molecule is N#CN.[H-].[K+]. The smallest absolute Gasteiger partial charge is 1.00 e. The van der Waals surface area contributed by atoms with Gasteiger partial charge in [-0.1, -0.05) is 0 Å². The van der Waals surface area contributed by atoms with Crippen LogP contribution in [0.25, 0.3) is 0 Å². The van der Waals surface area contributed by atoms with Gasteiger partial charge in [-0.3, -0.25) is 0 Å². The van der Waals surface area contributed by atoms with E-state index in [1.54, 1.807) is 0 Å². The van der Waals surface area contributed by atoms with E-state index in [0.29, 0.717) is 0 Å². The number of hydrogen-bond acceptors (Lipinski definition) is 2. The number of nitrogens with zero attached hydrogens (tertiary/aromatic N) is 1. The monoisotopic (exact) mass is 82.0 g/mol. The zero-order valence-electron chi connectivity index (χ0n) is 3.52. The van der Waals surface area contributed by atoms with Crippen molar-refractivity contribution in [2.75, 3.05) is 0 Å². The Morgan fingerprint density at radius 1 is 2.00 bits per heavy atom. The predicted octanol–water partition coefficient (Wildman–Crippen LogP) is -3.46. The first-order valence-corrected chi connectivity index (χ1v) is 0.512. The van der Waals surface area contributed by atoms with E-state index in [0.717, 1.165) is 0 Å². The van der Waals surface area contributed by atoms with Crippen LogP contribution in [0.2, 0.25) is 0 Å². The van der Waals surface area contributed by atoms with E-state index < -0.39 is 0 Å². The summed E-state index contributed by atoms with van der Waals surface area (Å²) in [5.74, 6) is 0. The Morgan fingerprint density at radius 2 is 2.00 bits per heavy atom. The van der Waals surface area contributed by atoms with Gasteiger partial charge in [-0.2, -0.15) is 5.26 Å². The third-order valence-electron chi connectivity index (χ3n) is 0. The van der Waals surface area contributed by atoms with E-state index >= 15 is 0 Å². The first-order valence-electron chi connectivity index (χ1n) is 0.512. The maximum absolute atomic E-state index is 7.10. The van der Waals surface area contributed by atoms with E-state index in [1.807, 2.05) is 0 Å². The Hall–Kier alpha value is 0.926. The molecule has 0 aliphatic rings. The number of rotatable bonds is 0.